The van der Waals surface area contributed by atoms with Crippen LogP contribution in [0.2, 0.25) is 0 Å². The molecule has 19 heavy (non-hydrogen) atoms. The van der Waals surface area contributed by atoms with E-state index in [0.717, 1.165) is 25.4 Å². The largest absolute Gasteiger partial charge is 0.468 e. The molecule has 0 spiro atoms. The molecule has 1 unspecified atom stereocenters. The molecule has 0 amide bonds. The van der Waals surface area contributed by atoms with E-state index in [1.54, 1.807) is 12.5 Å². The van der Waals surface area contributed by atoms with Crippen LogP contribution in [0.1, 0.15) is 18.2 Å². The summed E-state index contributed by atoms with van der Waals surface area (Å²) in [5.41, 5.74) is 1.24. The van der Waals surface area contributed by atoms with Crippen LogP contribution < -0.4 is 5.32 Å². The number of pyridine rings is 1. The first-order chi connectivity index (χ1) is 9.25. The smallest absolute Gasteiger partial charge is 0.117 e. The van der Waals surface area contributed by atoms with Crippen LogP contribution in [0.3, 0.4) is 0 Å². The van der Waals surface area contributed by atoms with Crippen LogP contribution in [0.25, 0.3) is 0 Å². The number of aromatic nitrogens is 1. The van der Waals surface area contributed by atoms with Crippen LogP contribution >= 0.6 is 0 Å². The molecular formula is C15H21N3O. The van der Waals surface area contributed by atoms with Crippen molar-refractivity contribution in [2.75, 3.05) is 13.6 Å². The summed E-state index contributed by atoms with van der Waals surface area (Å²) in [6.07, 6.45) is 5.42. The fourth-order valence-electron chi connectivity index (χ4n) is 1.91. The highest BCUT2D eigenvalue weighted by molar-refractivity contribution is 5.08. The molecule has 0 bridgehead atoms. The summed E-state index contributed by atoms with van der Waals surface area (Å²) in [6, 6.07) is 8.43. The monoisotopic (exact) mass is 259 g/mol. The first-order valence-corrected chi connectivity index (χ1v) is 6.58. The Bertz CT molecular complexity index is 456. The van der Waals surface area contributed by atoms with E-state index in [-0.39, 0.29) is 0 Å². The molecule has 0 aliphatic rings. The first kappa shape index (κ1) is 13.8. The second-order valence-corrected chi connectivity index (χ2v) is 4.84. The molecule has 0 aromatic carbocycles. The maximum Gasteiger partial charge on any atom is 0.117 e. The zero-order chi connectivity index (χ0) is 13.5. The SMILES string of the molecule is CC(CNCc1ccco1)N(C)Cc1cccnc1. The van der Waals surface area contributed by atoms with E-state index in [1.807, 2.05) is 24.4 Å². The highest BCUT2D eigenvalue weighted by Gasteiger charge is 2.09. The average Bonchev–Trinajstić information content (AvgIpc) is 2.93. The van der Waals surface area contributed by atoms with E-state index in [1.165, 1.54) is 5.56 Å². The van der Waals surface area contributed by atoms with Crippen LogP contribution in [0.15, 0.2) is 47.3 Å². The minimum Gasteiger partial charge on any atom is -0.468 e. The Morgan fingerprint density at radius 1 is 1.37 bits per heavy atom. The fourth-order valence-corrected chi connectivity index (χ4v) is 1.91. The summed E-state index contributed by atoms with van der Waals surface area (Å²) in [6.45, 7) is 4.83. The van der Waals surface area contributed by atoms with Gasteiger partial charge in [0.15, 0.2) is 0 Å². The average molecular weight is 259 g/mol. The quantitative estimate of drug-likeness (QED) is 0.828. The molecule has 0 radical (unpaired) electrons. The van der Waals surface area contributed by atoms with Crippen molar-refractivity contribution >= 4 is 0 Å². The van der Waals surface area contributed by atoms with E-state index in [9.17, 15) is 0 Å². The van der Waals surface area contributed by atoms with Crippen LogP contribution in [0.4, 0.5) is 0 Å². The molecule has 2 rings (SSSR count). The van der Waals surface area contributed by atoms with Crippen molar-refractivity contribution in [3.63, 3.8) is 0 Å². The van der Waals surface area contributed by atoms with Crippen LogP contribution in [-0.2, 0) is 13.1 Å². The molecule has 2 aromatic heterocycles. The summed E-state index contributed by atoms with van der Waals surface area (Å²) in [4.78, 5) is 6.45. The van der Waals surface area contributed by atoms with Crippen molar-refractivity contribution in [3.05, 3.63) is 54.2 Å². The summed E-state index contributed by atoms with van der Waals surface area (Å²) in [7, 11) is 2.13. The summed E-state index contributed by atoms with van der Waals surface area (Å²) >= 11 is 0. The second-order valence-electron chi connectivity index (χ2n) is 4.84. The van der Waals surface area contributed by atoms with E-state index in [2.05, 4.69) is 35.2 Å². The Morgan fingerprint density at radius 3 is 2.95 bits per heavy atom. The Morgan fingerprint density at radius 2 is 2.26 bits per heavy atom. The van der Waals surface area contributed by atoms with Crippen LogP contribution in [0.5, 0.6) is 0 Å². The molecule has 2 aromatic rings. The van der Waals surface area contributed by atoms with E-state index < -0.39 is 0 Å². The molecule has 4 heteroatoms. The number of furan rings is 1. The number of hydrogen-bond donors (Lipinski definition) is 1. The standard InChI is InChI=1S/C15H21N3O/c1-13(9-17-11-15-6-4-8-19-15)18(2)12-14-5-3-7-16-10-14/h3-8,10,13,17H,9,11-12H2,1-2H3. The van der Waals surface area contributed by atoms with Gasteiger partial charge in [0.2, 0.25) is 0 Å². The minimum atomic E-state index is 0.454. The van der Waals surface area contributed by atoms with Gasteiger partial charge in [-0.15, -0.1) is 0 Å². The number of hydrogen-bond acceptors (Lipinski definition) is 4. The Kier molecular flexibility index (Phi) is 5.12. The van der Waals surface area contributed by atoms with Gasteiger partial charge >= 0.3 is 0 Å². The molecule has 0 fully saturated rings. The van der Waals surface area contributed by atoms with Gasteiger partial charge < -0.3 is 9.73 Å². The number of rotatable bonds is 7. The summed E-state index contributed by atoms with van der Waals surface area (Å²) in [5, 5.41) is 3.40. The molecule has 1 N–H and O–H groups in total. The van der Waals surface area contributed by atoms with Gasteiger partial charge in [0.1, 0.15) is 5.76 Å². The fraction of sp³-hybridized carbons (Fsp3) is 0.400. The van der Waals surface area contributed by atoms with Crippen LogP contribution in [0, 0.1) is 0 Å². The first-order valence-electron chi connectivity index (χ1n) is 6.58. The third-order valence-corrected chi connectivity index (χ3v) is 3.23. The van der Waals surface area contributed by atoms with Gasteiger partial charge in [-0.05, 0) is 37.7 Å². The van der Waals surface area contributed by atoms with E-state index in [4.69, 9.17) is 4.42 Å². The van der Waals surface area contributed by atoms with Gasteiger partial charge in [-0.2, -0.15) is 0 Å². The van der Waals surface area contributed by atoms with E-state index >= 15 is 0 Å². The lowest BCUT2D eigenvalue weighted by molar-refractivity contribution is 0.241. The topological polar surface area (TPSA) is 41.3 Å². The molecule has 0 aliphatic heterocycles. The molecule has 102 valence electrons. The number of likely N-dealkylation sites (N-methyl/N-ethyl adjacent to an activating group) is 1. The van der Waals surface area contributed by atoms with Crippen LogP contribution in [-0.4, -0.2) is 29.5 Å². The molecule has 2 heterocycles. The predicted molar refractivity (Wildman–Crippen MR) is 75.6 cm³/mol. The predicted octanol–water partition coefficient (Wildman–Crippen LogP) is 2.28. The minimum absolute atomic E-state index is 0.454. The molecule has 4 nitrogen and oxygen atoms in total. The molecule has 1 atom stereocenters. The van der Waals surface area contributed by atoms with E-state index in [0.29, 0.717) is 6.04 Å². The van der Waals surface area contributed by atoms with Crippen molar-refractivity contribution in [1.82, 2.24) is 15.2 Å². The molecule has 0 saturated heterocycles. The van der Waals surface area contributed by atoms with Gasteiger partial charge in [0.05, 0.1) is 12.8 Å². The van der Waals surface area contributed by atoms with Crippen molar-refractivity contribution in [2.24, 2.45) is 0 Å². The third-order valence-electron chi connectivity index (χ3n) is 3.23. The number of nitrogens with zero attached hydrogens (tertiary/aromatic N) is 2. The van der Waals surface area contributed by atoms with Gasteiger partial charge in [-0.3, -0.25) is 9.88 Å². The van der Waals surface area contributed by atoms with Gasteiger partial charge in [-0.1, -0.05) is 6.07 Å². The Hall–Kier alpha value is -1.65. The van der Waals surface area contributed by atoms with Crippen molar-refractivity contribution in [3.8, 4) is 0 Å². The number of nitrogens with one attached hydrogen (secondary N) is 1. The lowest BCUT2D eigenvalue weighted by atomic mass is 10.2. The zero-order valence-corrected chi connectivity index (χ0v) is 11.5. The van der Waals surface area contributed by atoms with Gasteiger partial charge in [0.25, 0.3) is 0 Å². The Balaban J connectivity index is 1.71. The maximum atomic E-state index is 5.29. The second kappa shape index (κ2) is 7.07. The van der Waals surface area contributed by atoms with Gasteiger partial charge in [-0.25, -0.2) is 0 Å². The lowest BCUT2D eigenvalue weighted by Gasteiger charge is -2.24. The molecule has 0 aliphatic carbocycles. The van der Waals surface area contributed by atoms with Gasteiger partial charge in [0, 0.05) is 31.5 Å². The van der Waals surface area contributed by atoms with Crippen molar-refractivity contribution < 1.29 is 4.42 Å². The normalized spacial score (nSPS) is 12.8. The highest BCUT2D eigenvalue weighted by Crippen LogP contribution is 2.05. The maximum absolute atomic E-state index is 5.29. The van der Waals surface area contributed by atoms with Crippen molar-refractivity contribution in [1.29, 1.82) is 0 Å². The lowest BCUT2D eigenvalue weighted by Crippen LogP contribution is -2.37. The van der Waals surface area contributed by atoms with Crippen molar-refractivity contribution in [2.45, 2.75) is 26.1 Å². The summed E-state index contributed by atoms with van der Waals surface area (Å²) in [5.74, 6) is 0.974. The third kappa shape index (κ3) is 4.50. The zero-order valence-electron chi connectivity index (χ0n) is 11.5. The molecule has 0 saturated carbocycles. The Labute approximate surface area is 114 Å². The molecular weight excluding hydrogens is 238 g/mol. The summed E-state index contributed by atoms with van der Waals surface area (Å²) < 4.78 is 5.29. The highest BCUT2D eigenvalue weighted by atomic mass is 16.3.